The van der Waals surface area contributed by atoms with Crippen LogP contribution < -0.4 is 11.0 Å². The average Bonchev–Trinajstić information content (AvgIpc) is 3.19. The zero-order valence-electron chi connectivity index (χ0n) is 23.2. The van der Waals surface area contributed by atoms with Crippen molar-refractivity contribution in [2.75, 3.05) is 18.5 Å². The Balaban J connectivity index is 1.47. The van der Waals surface area contributed by atoms with Crippen molar-refractivity contribution >= 4 is 11.9 Å². The molecule has 1 saturated heterocycles. The Hall–Kier alpha value is -2.23. The standard InChI is InChI=1S/C29H49N3O6/c1-3-4-5-6-7-8-9-10-11-12-13-14-15-16-17-18-21-37-29(36)31-25-19-20-32(28(35)30-25)27-23(2)26(34)24(22-33)38-27/h19-20,24,26-27,33-34H,2-18,21-22H2,1H3,(H,30,31,35,36)/t24-,26+,27-/m1/s1. The summed E-state index contributed by atoms with van der Waals surface area (Å²) in [6.07, 6.45) is 18.4. The van der Waals surface area contributed by atoms with Crippen molar-refractivity contribution in [1.82, 2.24) is 9.55 Å². The van der Waals surface area contributed by atoms with E-state index in [-0.39, 0.29) is 11.4 Å². The number of unbranched alkanes of at least 4 members (excludes halogenated alkanes) is 15. The molecular formula is C29H49N3O6. The second-order valence-electron chi connectivity index (χ2n) is 10.3. The number of ether oxygens (including phenoxy) is 2. The van der Waals surface area contributed by atoms with Crippen LogP contribution in [0.15, 0.2) is 29.2 Å². The molecule has 3 atom stereocenters. The Morgan fingerprint density at radius 2 is 1.53 bits per heavy atom. The summed E-state index contributed by atoms with van der Waals surface area (Å²) in [5.41, 5.74) is -0.426. The first-order valence-corrected chi connectivity index (χ1v) is 14.6. The van der Waals surface area contributed by atoms with Gasteiger partial charge in [0.25, 0.3) is 0 Å². The molecule has 9 heteroatoms. The van der Waals surface area contributed by atoms with E-state index in [1.165, 1.54) is 95.7 Å². The van der Waals surface area contributed by atoms with Gasteiger partial charge in [-0.2, -0.15) is 4.98 Å². The summed E-state index contributed by atoms with van der Waals surface area (Å²) < 4.78 is 11.8. The summed E-state index contributed by atoms with van der Waals surface area (Å²) in [6.45, 7) is 5.91. The van der Waals surface area contributed by atoms with E-state index in [1.54, 1.807) is 0 Å². The fourth-order valence-corrected chi connectivity index (χ4v) is 4.72. The monoisotopic (exact) mass is 535 g/mol. The van der Waals surface area contributed by atoms with Gasteiger partial charge in [0.2, 0.25) is 0 Å². The van der Waals surface area contributed by atoms with E-state index in [9.17, 15) is 19.8 Å². The third-order valence-electron chi connectivity index (χ3n) is 7.08. The molecule has 0 aliphatic carbocycles. The van der Waals surface area contributed by atoms with E-state index in [1.807, 2.05) is 0 Å². The lowest BCUT2D eigenvalue weighted by atomic mass is 10.0. The average molecular weight is 536 g/mol. The molecule has 216 valence electrons. The molecule has 2 rings (SSSR count). The topological polar surface area (TPSA) is 123 Å². The molecular weight excluding hydrogens is 486 g/mol. The molecule has 9 nitrogen and oxygen atoms in total. The van der Waals surface area contributed by atoms with Crippen LogP contribution in [-0.4, -0.2) is 51.3 Å². The van der Waals surface area contributed by atoms with Gasteiger partial charge >= 0.3 is 11.8 Å². The largest absolute Gasteiger partial charge is 0.449 e. The second-order valence-corrected chi connectivity index (χ2v) is 10.3. The van der Waals surface area contributed by atoms with Crippen molar-refractivity contribution in [2.24, 2.45) is 0 Å². The van der Waals surface area contributed by atoms with E-state index in [2.05, 4.69) is 23.8 Å². The highest BCUT2D eigenvalue weighted by molar-refractivity contribution is 5.83. The van der Waals surface area contributed by atoms with Crippen LogP contribution in [-0.2, 0) is 9.47 Å². The Kier molecular flexibility index (Phi) is 15.9. The summed E-state index contributed by atoms with van der Waals surface area (Å²) >= 11 is 0. The van der Waals surface area contributed by atoms with E-state index < -0.39 is 36.8 Å². The van der Waals surface area contributed by atoms with E-state index in [0.29, 0.717) is 6.61 Å². The van der Waals surface area contributed by atoms with Crippen LogP contribution in [0.2, 0.25) is 0 Å². The number of anilines is 1. The highest BCUT2D eigenvalue weighted by Crippen LogP contribution is 2.31. The van der Waals surface area contributed by atoms with Crippen LogP contribution in [0.25, 0.3) is 0 Å². The molecule has 0 aromatic carbocycles. The number of carbonyl (C=O) groups is 1. The van der Waals surface area contributed by atoms with Gasteiger partial charge in [-0.3, -0.25) is 9.88 Å². The van der Waals surface area contributed by atoms with E-state index in [0.717, 1.165) is 23.8 Å². The highest BCUT2D eigenvalue weighted by atomic mass is 16.6. The first-order chi connectivity index (χ1) is 18.5. The summed E-state index contributed by atoms with van der Waals surface area (Å²) in [6, 6.07) is 1.44. The van der Waals surface area contributed by atoms with Gasteiger partial charge < -0.3 is 19.7 Å². The second kappa shape index (κ2) is 18.9. The molecule has 38 heavy (non-hydrogen) atoms. The van der Waals surface area contributed by atoms with Crippen LogP contribution >= 0.6 is 0 Å². The van der Waals surface area contributed by atoms with Gasteiger partial charge in [0.05, 0.1) is 13.2 Å². The van der Waals surface area contributed by atoms with Crippen molar-refractivity contribution < 1.29 is 24.5 Å². The maximum atomic E-state index is 12.4. The lowest BCUT2D eigenvalue weighted by Gasteiger charge is -2.15. The lowest BCUT2D eigenvalue weighted by molar-refractivity contribution is -0.0447. The Morgan fingerprint density at radius 1 is 1.00 bits per heavy atom. The quantitative estimate of drug-likeness (QED) is 0.141. The normalized spacial score (nSPS) is 19.1. The summed E-state index contributed by atoms with van der Waals surface area (Å²) in [5.74, 6) is 0.0612. The van der Waals surface area contributed by atoms with E-state index in [4.69, 9.17) is 9.47 Å². The molecule has 1 aromatic heterocycles. The third kappa shape index (κ3) is 11.7. The first-order valence-electron chi connectivity index (χ1n) is 14.6. The number of nitrogens with one attached hydrogen (secondary N) is 1. The lowest BCUT2D eigenvalue weighted by Crippen LogP contribution is -2.29. The molecule has 0 spiro atoms. The number of carbonyl (C=O) groups excluding carboxylic acids is 1. The summed E-state index contributed by atoms with van der Waals surface area (Å²) in [4.78, 5) is 28.2. The fourth-order valence-electron chi connectivity index (χ4n) is 4.72. The van der Waals surface area contributed by atoms with Gasteiger partial charge in [-0.05, 0) is 12.5 Å². The van der Waals surface area contributed by atoms with Crippen molar-refractivity contribution in [3.63, 3.8) is 0 Å². The van der Waals surface area contributed by atoms with Crippen LogP contribution in [0.5, 0.6) is 0 Å². The predicted octanol–water partition coefficient (Wildman–Crippen LogP) is 5.86. The van der Waals surface area contributed by atoms with Crippen molar-refractivity contribution in [1.29, 1.82) is 0 Å². The fraction of sp³-hybridized carbons (Fsp3) is 0.759. The number of aromatic nitrogens is 2. The minimum absolute atomic E-state index is 0.0612. The van der Waals surface area contributed by atoms with Gasteiger partial charge in [-0.25, -0.2) is 9.59 Å². The van der Waals surface area contributed by atoms with Crippen LogP contribution in [0.4, 0.5) is 10.6 Å². The van der Waals surface area contributed by atoms with Gasteiger partial charge in [-0.1, -0.05) is 110 Å². The highest BCUT2D eigenvalue weighted by Gasteiger charge is 2.38. The molecule has 1 aliphatic heterocycles. The number of hydrogen-bond acceptors (Lipinski definition) is 7. The number of amides is 1. The summed E-state index contributed by atoms with van der Waals surface area (Å²) in [5, 5.41) is 21.7. The molecule has 0 bridgehead atoms. The molecule has 1 amide bonds. The maximum Gasteiger partial charge on any atom is 0.412 e. The van der Waals surface area contributed by atoms with Crippen molar-refractivity contribution in [3.05, 3.63) is 34.9 Å². The van der Waals surface area contributed by atoms with Crippen molar-refractivity contribution in [2.45, 2.75) is 128 Å². The van der Waals surface area contributed by atoms with Crippen molar-refractivity contribution in [3.8, 4) is 0 Å². The Bertz CT molecular complexity index is 874. The molecule has 3 N–H and O–H groups in total. The van der Waals surface area contributed by atoms with E-state index >= 15 is 0 Å². The van der Waals surface area contributed by atoms with Gasteiger partial charge in [0.15, 0.2) is 6.23 Å². The number of hydrogen-bond donors (Lipinski definition) is 3. The zero-order valence-corrected chi connectivity index (χ0v) is 23.2. The Morgan fingerprint density at radius 3 is 2.00 bits per heavy atom. The smallest absolute Gasteiger partial charge is 0.412 e. The van der Waals surface area contributed by atoms with Crippen LogP contribution in [0.3, 0.4) is 0 Å². The minimum atomic E-state index is -1.07. The molecule has 1 aromatic rings. The minimum Gasteiger partial charge on any atom is -0.449 e. The SMILES string of the molecule is C=C1[C@H](n2ccc(NC(=O)OCCCCCCCCCCCCCCCCCC)nc2=O)O[C@H](CO)[C@H]1O. The number of nitrogens with zero attached hydrogens (tertiary/aromatic N) is 2. The Labute approximate surface area is 227 Å². The maximum absolute atomic E-state index is 12.4. The number of aliphatic hydroxyl groups excluding tert-OH is 2. The first kappa shape index (κ1) is 32.0. The third-order valence-corrected chi connectivity index (χ3v) is 7.08. The predicted molar refractivity (Wildman–Crippen MR) is 149 cm³/mol. The van der Waals surface area contributed by atoms with Gasteiger partial charge in [0.1, 0.15) is 18.0 Å². The summed E-state index contributed by atoms with van der Waals surface area (Å²) in [7, 11) is 0. The molecule has 1 fully saturated rings. The van der Waals surface area contributed by atoms with Gasteiger partial charge in [-0.15, -0.1) is 0 Å². The number of aliphatic hydroxyl groups is 2. The zero-order chi connectivity index (χ0) is 27.6. The number of rotatable bonds is 20. The molecule has 1 aliphatic rings. The van der Waals surface area contributed by atoms with Gasteiger partial charge in [0, 0.05) is 11.8 Å². The molecule has 0 unspecified atom stereocenters. The van der Waals surface area contributed by atoms with Crippen LogP contribution in [0.1, 0.15) is 116 Å². The van der Waals surface area contributed by atoms with Crippen LogP contribution in [0, 0.1) is 0 Å². The molecule has 2 heterocycles. The molecule has 0 saturated carbocycles. The molecule has 0 radical (unpaired) electrons.